The van der Waals surface area contributed by atoms with Crippen LogP contribution in [0.1, 0.15) is 181 Å². The molecule has 0 aliphatic rings. The highest BCUT2D eigenvalue weighted by molar-refractivity contribution is 5.76. The lowest BCUT2D eigenvalue weighted by atomic mass is 10.1. The number of amides is 2. The predicted molar refractivity (Wildman–Crippen MR) is 195 cm³/mol. The van der Waals surface area contributed by atoms with Crippen molar-refractivity contribution < 1.29 is 9.59 Å². The van der Waals surface area contributed by atoms with Gasteiger partial charge in [-0.2, -0.15) is 0 Å². The molecular formula is C38H80N4O2. The number of rotatable bonds is 32. The average molecular weight is 625 g/mol. The van der Waals surface area contributed by atoms with Gasteiger partial charge in [0.15, 0.2) is 0 Å². The Morgan fingerprint density at radius 2 is 0.636 bits per heavy atom. The number of carbonyl (C=O) groups excluding carboxylic acids is 2. The van der Waals surface area contributed by atoms with Gasteiger partial charge in [0, 0.05) is 25.9 Å². The second-order valence-corrected chi connectivity index (χ2v) is 13.6. The molecule has 0 unspecified atom stereocenters. The summed E-state index contributed by atoms with van der Waals surface area (Å²) in [6.45, 7) is 8.25. The number of unbranched alkanes of at least 4 members (excludes halogenated alkanes) is 20. The van der Waals surface area contributed by atoms with E-state index in [0.717, 1.165) is 51.9 Å². The minimum atomic E-state index is 0.231. The van der Waals surface area contributed by atoms with Crippen LogP contribution < -0.4 is 10.6 Å². The minimum Gasteiger partial charge on any atom is -0.356 e. The van der Waals surface area contributed by atoms with E-state index in [1.165, 1.54) is 128 Å². The molecule has 0 bridgehead atoms. The second kappa shape index (κ2) is 38.0. The molecule has 0 rings (SSSR count). The van der Waals surface area contributed by atoms with E-state index in [1.807, 2.05) is 0 Å². The molecule has 264 valence electrons. The lowest BCUT2D eigenvalue weighted by Crippen LogP contribution is -2.26. The Morgan fingerprint density at radius 1 is 0.386 bits per heavy atom. The highest BCUT2D eigenvalue weighted by Gasteiger charge is 2.02. The molecule has 0 aromatic carbocycles. The molecule has 0 saturated carbocycles. The first kappa shape index (κ1) is 45.0. The standard InChI is InChI=1S/2C19H40N2O/c2*1-4-5-6-7-8-9-10-11-12-13-14-16-19(22)20-17-15-18-21(2)3/h2*4-18H2,1-3H3,(H,20,22). The SMILES string of the molecule is CCCCCCCCCCCCCC(=O)NCCCN(C)C.CCCCCCCCCCCCCC(=O)NCCCN(C)C. The van der Waals surface area contributed by atoms with Gasteiger partial charge < -0.3 is 20.4 Å². The molecule has 0 spiro atoms. The largest absolute Gasteiger partial charge is 0.356 e. The van der Waals surface area contributed by atoms with Gasteiger partial charge in [-0.15, -0.1) is 0 Å². The molecule has 0 aliphatic heterocycles. The third-order valence-corrected chi connectivity index (χ3v) is 8.22. The van der Waals surface area contributed by atoms with Crippen LogP contribution in [-0.2, 0) is 9.59 Å². The van der Waals surface area contributed by atoms with Crippen LogP contribution in [-0.4, -0.2) is 76.0 Å². The second-order valence-electron chi connectivity index (χ2n) is 13.6. The Labute approximate surface area is 276 Å². The maximum atomic E-state index is 11.6. The first-order valence-corrected chi connectivity index (χ1v) is 19.2. The Balaban J connectivity index is 0. The van der Waals surface area contributed by atoms with Crippen LogP contribution in [0.15, 0.2) is 0 Å². The summed E-state index contributed by atoms with van der Waals surface area (Å²) >= 11 is 0. The molecule has 0 atom stereocenters. The summed E-state index contributed by atoms with van der Waals surface area (Å²) in [5.41, 5.74) is 0. The highest BCUT2D eigenvalue weighted by Crippen LogP contribution is 2.13. The summed E-state index contributed by atoms with van der Waals surface area (Å²) in [5, 5.41) is 6.02. The van der Waals surface area contributed by atoms with Crippen LogP contribution in [0.2, 0.25) is 0 Å². The fourth-order valence-electron chi connectivity index (χ4n) is 5.32. The lowest BCUT2D eigenvalue weighted by Gasteiger charge is -2.09. The van der Waals surface area contributed by atoms with Gasteiger partial charge in [0.25, 0.3) is 0 Å². The first-order valence-electron chi connectivity index (χ1n) is 19.2. The molecule has 0 aromatic heterocycles. The smallest absolute Gasteiger partial charge is 0.219 e. The van der Waals surface area contributed by atoms with Crippen LogP contribution in [0.5, 0.6) is 0 Å². The van der Waals surface area contributed by atoms with Gasteiger partial charge in [-0.1, -0.05) is 142 Å². The van der Waals surface area contributed by atoms with E-state index < -0.39 is 0 Å². The molecule has 0 saturated heterocycles. The summed E-state index contributed by atoms with van der Waals surface area (Å²) in [4.78, 5) is 27.5. The molecule has 0 heterocycles. The van der Waals surface area contributed by atoms with E-state index >= 15 is 0 Å². The number of carbonyl (C=O) groups is 2. The molecule has 0 radical (unpaired) electrons. The van der Waals surface area contributed by atoms with Crippen molar-refractivity contribution >= 4 is 11.8 Å². The Hall–Kier alpha value is -1.14. The first-order chi connectivity index (χ1) is 21.3. The van der Waals surface area contributed by atoms with Crippen molar-refractivity contribution in [3.63, 3.8) is 0 Å². The monoisotopic (exact) mass is 625 g/mol. The molecular weight excluding hydrogens is 544 g/mol. The Bertz CT molecular complexity index is 533. The Kier molecular flexibility index (Phi) is 38.9. The van der Waals surface area contributed by atoms with Gasteiger partial charge >= 0.3 is 0 Å². The van der Waals surface area contributed by atoms with Crippen LogP contribution >= 0.6 is 0 Å². The zero-order chi connectivity index (χ0) is 32.9. The predicted octanol–water partition coefficient (Wildman–Crippen LogP) is 9.51. The lowest BCUT2D eigenvalue weighted by molar-refractivity contribution is -0.122. The molecule has 0 fully saturated rings. The summed E-state index contributed by atoms with van der Waals surface area (Å²) in [5.74, 6) is 0.462. The van der Waals surface area contributed by atoms with Crippen LogP contribution in [0.25, 0.3) is 0 Å². The zero-order valence-electron chi connectivity index (χ0n) is 30.9. The van der Waals surface area contributed by atoms with Crippen LogP contribution in [0.4, 0.5) is 0 Å². The van der Waals surface area contributed by atoms with Gasteiger partial charge in [-0.3, -0.25) is 9.59 Å². The molecule has 44 heavy (non-hydrogen) atoms. The van der Waals surface area contributed by atoms with Gasteiger partial charge in [-0.25, -0.2) is 0 Å². The maximum absolute atomic E-state index is 11.6. The summed E-state index contributed by atoms with van der Waals surface area (Å²) in [6, 6.07) is 0. The van der Waals surface area contributed by atoms with E-state index in [2.05, 4.69) is 62.5 Å². The summed E-state index contributed by atoms with van der Waals surface area (Å²) in [7, 11) is 8.25. The van der Waals surface area contributed by atoms with E-state index in [1.54, 1.807) is 0 Å². The Morgan fingerprint density at radius 3 is 0.886 bits per heavy atom. The molecule has 0 aliphatic carbocycles. The van der Waals surface area contributed by atoms with Crippen molar-refractivity contribution in [3.8, 4) is 0 Å². The number of nitrogens with one attached hydrogen (secondary N) is 2. The molecule has 6 nitrogen and oxygen atoms in total. The van der Waals surface area contributed by atoms with Crippen molar-refractivity contribution in [3.05, 3.63) is 0 Å². The topological polar surface area (TPSA) is 64.7 Å². The van der Waals surface area contributed by atoms with Crippen molar-refractivity contribution in [2.75, 3.05) is 54.4 Å². The molecule has 6 heteroatoms. The van der Waals surface area contributed by atoms with Crippen molar-refractivity contribution in [1.29, 1.82) is 0 Å². The van der Waals surface area contributed by atoms with Crippen molar-refractivity contribution in [2.24, 2.45) is 0 Å². The quantitative estimate of drug-likeness (QED) is 0.0732. The van der Waals surface area contributed by atoms with Gasteiger partial charge in [0.05, 0.1) is 0 Å². The van der Waals surface area contributed by atoms with Gasteiger partial charge in [0.2, 0.25) is 11.8 Å². The van der Waals surface area contributed by atoms with Crippen LogP contribution in [0.3, 0.4) is 0 Å². The summed E-state index contributed by atoms with van der Waals surface area (Å²) in [6.07, 6.45) is 32.8. The third kappa shape index (κ3) is 43.0. The van der Waals surface area contributed by atoms with E-state index in [9.17, 15) is 9.59 Å². The fraction of sp³-hybridized carbons (Fsp3) is 0.947. The minimum absolute atomic E-state index is 0.231. The van der Waals surface area contributed by atoms with E-state index in [-0.39, 0.29) is 11.8 Å². The normalized spacial score (nSPS) is 11.1. The molecule has 2 amide bonds. The summed E-state index contributed by atoms with van der Waals surface area (Å²) < 4.78 is 0. The van der Waals surface area contributed by atoms with Crippen LogP contribution in [0, 0.1) is 0 Å². The molecule has 0 aromatic rings. The van der Waals surface area contributed by atoms with E-state index in [4.69, 9.17) is 0 Å². The fourth-order valence-corrected chi connectivity index (χ4v) is 5.32. The van der Waals surface area contributed by atoms with Crippen molar-refractivity contribution in [1.82, 2.24) is 20.4 Å². The maximum Gasteiger partial charge on any atom is 0.219 e. The van der Waals surface area contributed by atoms with Gasteiger partial charge in [-0.05, 0) is 67.0 Å². The van der Waals surface area contributed by atoms with E-state index in [0.29, 0.717) is 12.8 Å². The molecule has 2 N–H and O–H groups in total. The zero-order valence-corrected chi connectivity index (χ0v) is 30.9. The highest BCUT2D eigenvalue weighted by atomic mass is 16.2. The van der Waals surface area contributed by atoms with Crippen molar-refractivity contribution in [2.45, 2.75) is 181 Å². The number of hydrogen-bond donors (Lipinski definition) is 2. The number of nitrogens with zero attached hydrogens (tertiary/aromatic N) is 2. The third-order valence-electron chi connectivity index (χ3n) is 8.22. The number of hydrogen-bond acceptors (Lipinski definition) is 4. The average Bonchev–Trinajstić information content (AvgIpc) is 2.99. The van der Waals surface area contributed by atoms with Gasteiger partial charge in [0.1, 0.15) is 0 Å².